The minimum absolute atomic E-state index is 0.0236. The van der Waals surface area contributed by atoms with Gasteiger partial charge >= 0.3 is 11.9 Å². The van der Waals surface area contributed by atoms with Gasteiger partial charge in [-0.05, 0) is 43.0 Å². The van der Waals surface area contributed by atoms with Gasteiger partial charge in [0.1, 0.15) is 10.8 Å². The van der Waals surface area contributed by atoms with E-state index in [1.807, 2.05) is 19.9 Å². The maximum atomic E-state index is 13.2. The van der Waals surface area contributed by atoms with Crippen LogP contribution in [0.5, 0.6) is 0 Å². The van der Waals surface area contributed by atoms with Crippen LogP contribution in [0.25, 0.3) is 0 Å². The van der Waals surface area contributed by atoms with Crippen molar-refractivity contribution in [1.29, 1.82) is 0 Å². The predicted octanol–water partition coefficient (Wildman–Crippen LogP) is 2.73. The lowest BCUT2D eigenvalue weighted by molar-refractivity contribution is -0.160. The SMILES string of the molecule is COC(=O)[C@@]12C(C)=C[C@H]3[C@]1(C(=O)OC)[C@@]3(C)c1c(C)ccc(C)c12. The Labute approximate surface area is 141 Å². The minimum atomic E-state index is -1.07. The fourth-order valence-electron chi connectivity index (χ4n) is 6.19. The van der Waals surface area contributed by atoms with E-state index in [-0.39, 0.29) is 17.9 Å². The van der Waals surface area contributed by atoms with Gasteiger partial charge < -0.3 is 9.47 Å². The van der Waals surface area contributed by atoms with E-state index < -0.39 is 16.2 Å². The average molecular weight is 326 g/mol. The molecule has 0 radical (unpaired) electrons. The molecular formula is C20H22O4. The number of rotatable bonds is 2. The van der Waals surface area contributed by atoms with Crippen LogP contribution in [0.2, 0.25) is 0 Å². The van der Waals surface area contributed by atoms with Crippen LogP contribution in [-0.2, 0) is 29.9 Å². The highest BCUT2D eigenvalue weighted by Gasteiger charge is 2.95. The number of methoxy groups -OCH3 is 2. The number of carbonyl (C=O) groups is 2. The molecule has 0 N–H and O–H groups in total. The lowest BCUT2D eigenvalue weighted by atomic mass is 9.66. The van der Waals surface area contributed by atoms with Gasteiger partial charge in [-0.25, -0.2) is 0 Å². The van der Waals surface area contributed by atoms with Crippen LogP contribution in [0, 0.1) is 25.2 Å². The first kappa shape index (κ1) is 15.4. The monoisotopic (exact) mass is 326 g/mol. The topological polar surface area (TPSA) is 52.6 Å². The van der Waals surface area contributed by atoms with Gasteiger partial charge in [0.15, 0.2) is 0 Å². The summed E-state index contributed by atoms with van der Waals surface area (Å²) in [5, 5.41) is 0. The van der Waals surface area contributed by atoms with Crippen LogP contribution in [0.3, 0.4) is 0 Å². The van der Waals surface area contributed by atoms with Crippen molar-refractivity contribution >= 4 is 11.9 Å². The molecule has 0 bridgehead atoms. The van der Waals surface area contributed by atoms with Gasteiger partial charge in [-0.1, -0.05) is 30.7 Å². The fourth-order valence-corrected chi connectivity index (χ4v) is 6.19. The van der Waals surface area contributed by atoms with E-state index in [1.54, 1.807) is 0 Å². The van der Waals surface area contributed by atoms with Gasteiger partial charge in [-0.3, -0.25) is 9.59 Å². The molecule has 3 aliphatic rings. The maximum Gasteiger partial charge on any atom is 0.321 e. The molecule has 24 heavy (non-hydrogen) atoms. The Morgan fingerprint density at radius 2 is 1.50 bits per heavy atom. The molecule has 0 aliphatic heterocycles. The van der Waals surface area contributed by atoms with Crippen molar-refractivity contribution in [3.8, 4) is 0 Å². The second kappa shape index (κ2) is 4.11. The molecule has 126 valence electrons. The molecule has 1 aromatic carbocycles. The summed E-state index contributed by atoms with van der Waals surface area (Å²) in [5.74, 6) is -0.701. The molecule has 4 atom stereocenters. The number of fused-ring (bicyclic) bond motifs is 4. The first-order chi connectivity index (χ1) is 11.3. The number of hydrogen-bond donors (Lipinski definition) is 0. The number of hydrogen-bond acceptors (Lipinski definition) is 4. The van der Waals surface area contributed by atoms with E-state index >= 15 is 0 Å². The van der Waals surface area contributed by atoms with E-state index in [4.69, 9.17) is 9.47 Å². The summed E-state index contributed by atoms with van der Waals surface area (Å²) in [4.78, 5) is 26.2. The molecule has 4 heteroatoms. The first-order valence-corrected chi connectivity index (χ1v) is 8.24. The van der Waals surface area contributed by atoms with E-state index in [0.717, 1.165) is 27.8 Å². The summed E-state index contributed by atoms with van der Waals surface area (Å²) < 4.78 is 10.5. The van der Waals surface area contributed by atoms with Gasteiger partial charge in [-0.2, -0.15) is 0 Å². The summed E-state index contributed by atoms with van der Waals surface area (Å²) in [6.07, 6.45) is 2.09. The lowest BCUT2D eigenvalue weighted by Gasteiger charge is -2.35. The molecule has 0 spiro atoms. The Bertz CT molecular complexity index is 851. The van der Waals surface area contributed by atoms with Gasteiger partial charge in [0, 0.05) is 11.3 Å². The highest BCUT2D eigenvalue weighted by atomic mass is 16.5. The highest BCUT2D eigenvalue weighted by Crippen LogP contribution is 2.88. The molecule has 0 aromatic heterocycles. The zero-order valence-electron chi connectivity index (χ0n) is 14.9. The average Bonchev–Trinajstić information content (AvgIpc) is 2.87. The van der Waals surface area contributed by atoms with Crippen molar-refractivity contribution in [3.05, 3.63) is 46.0 Å². The number of aryl methyl sites for hydroxylation is 2. The molecule has 1 aromatic rings. The molecular weight excluding hydrogens is 304 g/mol. The third-order valence-corrected chi connectivity index (χ3v) is 6.94. The van der Waals surface area contributed by atoms with Crippen LogP contribution in [0.15, 0.2) is 23.8 Å². The molecule has 1 saturated carbocycles. The molecule has 4 nitrogen and oxygen atoms in total. The van der Waals surface area contributed by atoms with Gasteiger partial charge in [0.25, 0.3) is 0 Å². The van der Waals surface area contributed by atoms with Crippen LogP contribution < -0.4 is 0 Å². The Hall–Kier alpha value is -2.10. The van der Waals surface area contributed by atoms with Crippen LogP contribution in [0.1, 0.15) is 36.1 Å². The zero-order chi connectivity index (χ0) is 17.7. The van der Waals surface area contributed by atoms with E-state index in [0.29, 0.717) is 0 Å². The Morgan fingerprint density at radius 1 is 0.958 bits per heavy atom. The standard InChI is InChI=1S/C20H22O4/c1-10-7-8-11(2)15-14(10)18(4)13-9-12(3)19(15,16(21)23-5)20(13,18)17(22)24-6/h7-9,13H,1-6H3/t13-,18-,19+,20+/m1/s1. The minimum Gasteiger partial charge on any atom is -0.469 e. The van der Waals surface area contributed by atoms with Crippen LogP contribution in [-0.4, -0.2) is 26.2 Å². The number of allylic oxidation sites excluding steroid dienone is 1. The van der Waals surface area contributed by atoms with Gasteiger partial charge in [0.05, 0.1) is 14.2 Å². The summed E-state index contributed by atoms with van der Waals surface area (Å²) >= 11 is 0. The molecule has 0 amide bonds. The number of benzene rings is 1. The predicted molar refractivity (Wildman–Crippen MR) is 88.7 cm³/mol. The number of carbonyl (C=O) groups excluding carboxylic acids is 2. The third kappa shape index (κ3) is 1.09. The number of esters is 2. The van der Waals surface area contributed by atoms with E-state index in [2.05, 4.69) is 26.0 Å². The lowest BCUT2D eigenvalue weighted by Crippen LogP contribution is -2.49. The summed E-state index contributed by atoms with van der Waals surface area (Å²) in [7, 11) is 2.80. The van der Waals surface area contributed by atoms with Gasteiger partial charge in [0.2, 0.25) is 0 Å². The maximum absolute atomic E-state index is 13.2. The molecule has 1 fully saturated rings. The molecule has 0 heterocycles. The quantitative estimate of drug-likeness (QED) is 0.619. The summed E-state index contributed by atoms with van der Waals surface area (Å²) in [6.45, 7) is 8.08. The second-order valence-corrected chi connectivity index (χ2v) is 7.52. The fraction of sp³-hybridized carbons (Fsp3) is 0.500. The van der Waals surface area contributed by atoms with Crippen molar-refractivity contribution in [2.45, 2.75) is 38.5 Å². The largest absolute Gasteiger partial charge is 0.469 e. The first-order valence-electron chi connectivity index (χ1n) is 8.24. The van der Waals surface area contributed by atoms with E-state index in [1.165, 1.54) is 14.2 Å². The Balaban J connectivity index is 2.20. The third-order valence-electron chi connectivity index (χ3n) is 6.94. The molecule has 3 aliphatic carbocycles. The molecule has 4 rings (SSSR count). The zero-order valence-corrected chi connectivity index (χ0v) is 14.9. The number of ether oxygens (including phenoxy) is 2. The Morgan fingerprint density at radius 3 is 2.04 bits per heavy atom. The van der Waals surface area contributed by atoms with Crippen molar-refractivity contribution in [2.75, 3.05) is 14.2 Å². The summed E-state index contributed by atoms with van der Waals surface area (Å²) in [5.41, 5.74) is 2.70. The van der Waals surface area contributed by atoms with Gasteiger partial charge in [-0.15, -0.1) is 0 Å². The summed E-state index contributed by atoms with van der Waals surface area (Å²) in [6, 6.07) is 4.10. The molecule has 0 saturated heterocycles. The van der Waals surface area contributed by atoms with Crippen molar-refractivity contribution in [2.24, 2.45) is 11.3 Å². The second-order valence-electron chi connectivity index (χ2n) is 7.52. The van der Waals surface area contributed by atoms with E-state index in [9.17, 15) is 9.59 Å². The van der Waals surface area contributed by atoms with Crippen LogP contribution >= 0.6 is 0 Å². The molecule has 0 unspecified atom stereocenters. The van der Waals surface area contributed by atoms with Crippen molar-refractivity contribution in [3.63, 3.8) is 0 Å². The van der Waals surface area contributed by atoms with Crippen molar-refractivity contribution in [1.82, 2.24) is 0 Å². The highest BCUT2D eigenvalue weighted by molar-refractivity contribution is 6.07. The normalized spacial score (nSPS) is 37.4. The smallest absolute Gasteiger partial charge is 0.321 e. The Kier molecular flexibility index (Phi) is 2.64. The van der Waals surface area contributed by atoms with Crippen LogP contribution in [0.4, 0.5) is 0 Å². The van der Waals surface area contributed by atoms with Crippen molar-refractivity contribution < 1.29 is 19.1 Å².